The number of amides is 1. The van der Waals surface area contributed by atoms with Crippen LogP contribution in [0, 0.1) is 13.8 Å². The van der Waals surface area contributed by atoms with Crippen LogP contribution in [-0.2, 0) is 4.79 Å². The number of nitrogens with zero attached hydrogens (tertiary/aromatic N) is 1. The molecule has 0 unspecified atom stereocenters. The first-order chi connectivity index (χ1) is 11.6. The van der Waals surface area contributed by atoms with Crippen LogP contribution < -0.4 is 0 Å². The van der Waals surface area contributed by atoms with Gasteiger partial charge >= 0.3 is 0 Å². The average Bonchev–Trinajstić information content (AvgIpc) is 3.14. The summed E-state index contributed by atoms with van der Waals surface area (Å²) in [6.07, 6.45) is 2.59. The molecule has 0 aromatic heterocycles. The van der Waals surface area contributed by atoms with Crippen LogP contribution in [0.4, 0.5) is 0 Å². The Bertz CT molecular complexity index is 718. The quantitative estimate of drug-likeness (QED) is 0.918. The minimum absolute atomic E-state index is 0.112. The monoisotopic (exact) mass is 323 g/mol. The van der Waals surface area contributed by atoms with Crippen molar-refractivity contribution >= 4 is 5.91 Å². The summed E-state index contributed by atoms with van der Waals surface area (Å²) in [4.78, 5) is 14.7. The summed E-state index contributed by atoms with van der Waals surface area (Å²) in [5.74, 6) is 0.385. The predicted octanol–water partition coefficient (Wildman–Crippen LogP) is 4.15. The van der Waals surface area contributed by atoms with Crippen LogP contribution in [0.2, 0.25) is 0 Å². The molecule has 1 atom stereocenters. The van der Waals surface area contributed by atoms with E-state index in [9.17, 15) is 9.90 Å². The van der Waals surface area contributed by atoms with E-state index in [-0.39, 0.29) is 11.8 Å². The third-order valence-electron chi connectivity index (χ3n) is 5.15. The number of hydrogen-bond donors (Lipinski definition) is 1. The van der Waals surface area contributed by atoms with Gasteiger partial charge in [-0.25, -0.2) is 0 Å². The lowest BCUT2D eigenvalue weighted by Gasteiger charge is -2.23. The summed E-state index contributed by atoms with van der Waals surface area (Å²) in [7, 11) is 0. The van der Waals surface area contributed by atoms with Crippen molar-refractivity contribution in [3.63, 3.8) is 0 Å². The number of benzene rings is 2. The second-order valence-corrected chi connectivity index (χ2v) is 6.70. The van der Waals surface area contributed by atoms with E-state index in [2.05, 4.69) is 0 Å². The molecule has 0 bridgehead atoms. The number of aryl methyl sites for hydroxylation is 1. The normalized spacial score (nSPS) is 15.5. The third-order valence-corrected chi connectivity index (χ3v) is 5.15. The van der Waals surface area contributed by atoms with Gasteiger partial charge in [-0.15, -0.1) is 0 Å². The number of carbonyl (C=O) groups is 1. The summed E-state index contributed by atoms with van der Waals surface area (Å²) in [5.41, 5.74) is 3.87. The fraction of sp³-hybridized carbons (Fsp3) is 0.381. The molecule has 3 heteroatoms. The Labute approximate surface area is 143 Å². The van der Waals surface area contributed by atoms with E-state index >= 15 is 0 Å². The van der Waals surface area contributed by atoms with Crippen LogP contribution in [0.5, 0.6) is 5.75 Å². The fourth-order valence-electron chi connectivity index (χ4n) is 3.47. The second kappa shape index (κ2) is 7.08. The lowest BCUT2D eigenvalue weighted by Crippen LogP contribution is -2.29. The first-order valence-electron chi connectivity index (χ1n) is 8.69. The molecule has 3 nitrogen and oxygen atoms in total. The zero-order valence-electron chi connectivity index (χ0n) is 14.5. The van der Waals surface area contributed by atoms with E-state index < -0.39 is 0 Å². The number of hydrogen-bond acceptors (Lipinski definition) is 2. The Kier molecular flexibility index (Phi) is 4.89. The highest BCUT2D eigenvalue weighted by molar-refractivity contribution is 5.78. The van der Waals surface area contributed by atoms with Crippen molar-refractivity contribution in [1.82, 2.24) is 4.90 Å². The van der Waals surface area contributed by atoms with Crippen molar-refractivity contribution in [2.24, 2.45) is 0 Å². The van der Waals surface area contributed by atoms with Gasteiger partial charge < -0.3 is 10.0 Å². The summed E-state index contributed by atoms with van der Waals surface area (Å²) >= 11 is 0. The van der Waals surface area contributed by atoms with Crippen molar-refractivity contribution < 1.29 is 9.90 Å². The average molecular weight is 323 g/mol. The summed E-state index contributed by atoms with van der Waals surface area (Å²) in [5, 5.41) is 10.7. The molecular formula is C21H25NO2. The maximum Gasteiger partial charge on any atom is 0.223 e. The number of rotatable bonds is 4. The number of carbonyl (C=O) groups excluding carboxylic acids is 1. The van der Waals surface area contributed by atoms with E-state index in [0.717, 1.165) is 48.2 Å². The largest absolute Gasteiger partial charge is 0.507 e. The Morgan fingerprint density at radius 3 is 2.42 bits per heavy atom. The molecule has 24 heavy (non-hydrogen) atoms. The highest BCUT2D eigenvalue weighted by Gasteiger charge is 2.26. The number of phenolic OH excluding ortho intramolecular Hbond substituents is 1. The van der Waals surface area contributed by atoms with Crippen molar-refractivity contribution in [2.75, 3.05) is 13.1 Å². The molecule has 1 heterocycles. The van der Waals surface area contributed by atoms with Gasteiger partial charge in [0.2, 0.25) is 5.91 Å². The first-order valence-corrected chi connectivity index (χ1v) is 8.69. The van der Waals surface area contributed by atoms with Crippen LogP contribution in [0.15, 0.2) is 42.5 Å². The van der Waals surface area contributed by atoms with E-state index in [1.165, 1.54) is 0 Å². The van der Waals surface area contributed by atoms with Crippen molar-refractivity contribution in [3.05, 3.63) is 64.7 Å². The molecule has 2 aromatic rings. The van der Waals surface area contributed by atoms with Gasteiger partial charge in [0.25, 0.3) is 0 Å². The SMILES string of the molecule is Cc1ccc([C@@H](CC(=O)N2CCCC2)c2ccccc2)c(O)c1C. The molecule has 1 aliphatic heterocycles. The molecule has 1 aliphatic rings. The van der Waals surface area contributed by atoms with Crippen LogP contribution in [-0.4, -0.2) is 29.0 Å². The second-order valence-electron chi connectivity index (χ2n) is 6.70. The Hall–Kier alpha value is -2.29. The molecule has 2 aromatic carbocycles. The maximum absolute atomic E-state index is 12.7. The number of phenols is 1. The fourth-order valence-corrected chi connectivity index (χ4v) is 3.47. The Morgan fingerprint density at radius 1 is 1.08 bits per heavy atom. The smallest absolute Gasteiger partial charge is 0.223 e. The van der Waals surface area contributed by atoms with Gasteiger partial charge in [-0.1, -0.05) is 42.5 Å². The van der Waals surface area contributed by atoms with Crippen molar-refractivity contribution in [3.8, 4) is 5.75 Å². The van der Waals surface area contributed by atoms with Gasteiger partial charge in [0, 0.05) is 31.0 Å². The zero-order valence-corrected chi connectivity index (χ0v) is 14.5. The van der Waals surface area contributed by atoms with Gasteiger partial charge in [-0.3, -0.25) is 4.79 Å². The maximum atomic E-state index is 12.7. The van der Waals surface area contributed by atoms with E-state index in [4.69, 9.17) is 0 Å². The molecule has 3 rings (SSSR count). The van der Waals surface area contributed by atoms with Crippen LogP contribution in [0.25, 0.3) is 0 Å². The van der Waals surface area contributed by atoms with Crippen LogP contribution >= 0.6 is 0 Å². The molecule has 0 spiro atoms. The third kappa shape index (κ3) is 3.30. The van der Waals surface area contributed by atoms with Gasteiger partial charge in [0.15, 0.2) is 0 Å². The molecule has 126 valence electrons. The first kappa shape index (κ1) is 16.6. The molecule has 1 saturated heterocycles. The molecule has 1 N–H and O–H groups in total. The van der Waals surface area contributed by atoms with E-state index in [0.29, 0.717) is 12.2 Å². The number of aromatic hydroxyl groups is 1. The Morgan fingerprint density at radius 2 is 1.75 bits per heavy atom. The lowest BCUT2D eigenvalue weighted by molar-refractivity contribution is -0.130. The topological polar surface area (TPSA) is 40.5 Å². The van der Waals surface area contributed by atoms with Crippen molar-refractivity contribution in [1.29, 1.82) is 0 Å². The van der Waals surface area contributed by atoms with Gasteiger partial charge in [0.05, 0.1) is 0 Å². The van der Waals surface area contributed by atoms with Gasteiger partial charge in [0.1, 0.15) is 5.75 Å². The molecule has 1 amide bonds. The summed E-state index contributed by atoms with van der Waals surface area (Å²) in [6, 6.07) is 14.0. The van der Waals surface area contributed by atoms with Crippen molar-refractivity contribution in [2.45, 2.75) is 39.0 Å². The highest BCUT2D eigenvalue weighted by Crippen LogP contribution is 2.37. The summed E-state index contributed by atoms with van der Waals surface area (Å²) < 4.78 is 0. The van der Waals surface area contributed by atoms with Gasteiger partial charge in [-0.05, 0) is 43.4 Å². The van der Waals surface area contributed by atoms with Gasteiger partial charge in [-0.2, -0.15) is 0 Å². The zero-order chi connectivity index (χ0) is 17.1. The minimum Gasteiger partial charge on any atom is -0.507 e. The van der Waals surface area contributed by atoms with E-state index in [1.54, 1.807) is 0 Å². The lowest BCUT2D eigenvalue weighted by atomic mass is 9.86. The molecule has 1 fully saturated rings. The molecular weight excluding hydrogens is 298 g/mol. The van der Waals surface area contributed by atoms with Crippen LogP contribution in [0.3, 0.4) is 0 Å². The van der Waals surface area contributed by atoms with E-state index in [1.807, 2.05) is 61.2 Å². The molecule has 0 saturated carbocycles. The molecule has 0 aliphatic carbocycles. The van der Waals surface area contributed by atoms with Crippen LogP contribution in [0.1, 0.15) is 47.4 Å². The summed E-state index contributed by atoms with van der Waals surface area (Å²) in [6.45, 7) is 5.64. The standard InChI is InChI=1S/C21H25NO2/c1-15-10-11-18(21(24)16(15)2)19(17-8-4-3-5-9-17)14-20(23)22-12-6-7-13-22/h3-5,8-11,19,24H,6-7,12-14H2,1-2H3/t19-/m0/s1. The number of likely N-dealkylation sites (tertiary alicyclic amines) is 1. The molecule has 0 radical (unpaired) electrons. The predicted molar refractivity (Wildman–Crippen MR) is 96.3 cm³/mol. The Balaban J connectivity index is 1.96. The minimum atomic E-state index is -0.112. The highest BCUT2D eigenvalue weighted by atomic mass is 16.3.